The summed E-state index contributed by atoms with van der Waals surface area (Å²) in [5.74, 6) is 0.457. The van der Waals surface area contributed by atoms with Gasteiger partial charge in [-0.15, -0.1) is 0 Å². The molecule has 0 bridgehead atoms. The van der Waals surface area contributed by atoms with Crippen molar-refractivity contribution >= 4 is 50.0 Å². The molecule has 23 heavy (non-hydrogen) atoms. The first-order chi connectivity index (χ1) is 11.1. The van der Waals surface area contributed by atoms with Crippen LogP contribution in [0.25, 0.3) is 10.9 Å². The van der Waals surface area contributed by atoms with Gasteiger partial charge >= 0.3 is 0 Å². The predicted molar refractivity (Wildman–Crippen MR) is 96.3 cm³/mol. The molecule has 0 saturated heterocycles. The maximum Gasteiger partial charge on any atom is 0.244 e. The molecule has 0 spiro atoms. The van der Waals surface area contributed by atoms with E-state index in [0.717, 1.165) is 15.4 Å². The third kappa shape index (κ3) is 3.51. The van der Waals surface area contributed by atoms with Crippen molar-refractivity contribution in [1.29, 1.82) is 0 Å². The molecule has 0 radical (unpaired) electrons. The molecule has 0 aliphatic carbocycles. The van der Waals surface area contributed by atoms with Gasteiger partial charge in [-0.25, -0.2) is 0 Å². The minimum atomic E-state index is -0.119. The molecular formula is C17H14BrClN2O2. The average Bonchev–Trinajstić information content (AvgIpc) is 2.89. The molecule has 4 nitrogen and oxygen atoms in total. The summed E-state index contributed by atoms with van der Waals surface area (Å²) >= 11 is 9.51. The van der Waals surface area contributed by atoms with E-state index in [-0.39, 0.29) is 12.5 Å². The highest BCUT2D eigenvalue weighted by molar-refractivity contribution is 9.10. The lowest BCUT2D eigenvalue weighted by atomic mass is 10.2. The summed E-state index contributed by atoms with van der Waals surface area (Å²) in [6, 6.07) is 13.1. The van der Waals surface area contributed by atoms with E-state index in [1.165, 1.54) is 0 Å². The highest BCUT2D eigenvalue weighted by Crippen LogP contribution is 2.27. The number of amides is 1. The molecule has 1 amide bonds. The van der Waals surface area contributed by atoms with Gasteiger partial charge in [-0.1, -0.05) is 27.5 Å². The number of fused-ring (bicyclic) bond motifs is 1. The molecule has 0 aliphatic heterocycles. The van der Waals surface area contributed by atoms with Crippen LogP contribution in [-0.2, 0) is 11.3 Å². The maximum absolute atomic E-state index is 12.2. The van der Waals surface area contributed by atoms with Gasteiger partial charge in [0, 0.05) is 27.3 Å². The molecule has 1 aromatic heterocycles. The summed E-state index contributed by atoms with van der Waals surface area (Å²) in [7, 11) is 1.55. The Balaban J connectivity index is 1.75. The Kier molecular flexibility index (Phi) is 4.59. The summed E-state index contributed by atoms with van der Waals surface area (Å²) in [6.45, 7) is 0.231. The Labute approximate surface area is 147 Å². The van der Waals surface area contributed by atoms with Gasteiger partial charge in [0.2, 0.25) is 5.91 Å². The lowest BCUT2D eigenvalue weighted by Gasteiger charge is -2.09. The maximum atomic E-state index is 12.2. The van der Waals surface area contributed by atoms with Crippen molar-refractivity contribution < 1.29 is 9.53 Å². The molecule has 0 saturated carbocycles. The van der Waals surface area contributed by atoms with Gasteiger partial charge in [-0.3, -0.25) is 4.79 Å². The summed E-state index contributed by atoms with van der Waals surface area (Å²) < 4.78 is 8.01. The Morgan fingerprint density at radius 2 is 2.09 bits per heavy atom. The number of aromatic nitrogens is 1. The molecule has 3 rings (SSSR count). The summed E-state index contributed by atoms with van der Waals surface area (Å²) in [5.41, 5.74) is 1.65. The van der Waals surface area contributed by atoms with Crippen LogP contribution >= 0.6 is 27.5 Å². The van der Waals surface area contributed by atoms with E-state index in [0.29, 0.717) is 16.5 Å². The highest BCUT2D eigenvalue weighted by atomic mass is 79.9. The van der Waals surface area contributed by atoms with E-state index in [1.54, 1.807) is 25.3 Å². The zero-order valence-corrected chi connectivity index (χ0v) is 14.7. The number of carbonyl (C=O) groups excluding carboxylic acids is 1. The zero-order chi connectivity index (χ0) is 16.4. The monoisotopic (exact) mass is 392 g/mol. The quantitative estimate of drug-likeness (QED) is 0.698. The molecule has 0 unspecified atom stereocenters. The van der Waals surface area contributed by atoms with E-state index in [9.17, 15) is 4.79 Å². The number of hydrogen-bond acceptors (Lipinski definition) is 2. The van der Waals surface area contributed by atoms with E-state index < -0.39 is 0 Å². The van der Waals surface area contributed by atoms with Crippen molar-refractivity contribution in [3.63, 3.8) is 0 Å². The van der Waals surface area contributed by atoms with Crippen molar-refractivity contribution in [3.05, 3.63) is 58.2 Å². The van der Waals surface area contributed by atoms with Crippen LogP contribution in [-0.4, -0.2) is 17.6 Å². The Bertz CT molecular complexity index is 876. The Morgan fingerprint density at radius 3 is 2.83 bits per heavy atom. The lowest BCUT2D eigenvalue weighted by Crippen LogP contribution is -2.18. The number of nitrogens with zero attached hydrogens (tertiary/aromatic N) is 1. The fraction of sp³-hybridized carbons (Fsp3) is 0.118. The number of hydrogen-bond donors (Lipinski definition) is 1. The van der Waals surface area contributed by atoms with Gasteiger partial charge in [-0.2, -0.15) is 0 Å². The second kappa shape index (κ2) is 6.64. The van der Waals surface area contributed by atoms with E-state index in [1.807, 2.05) is 35.0 Å². The Morgan fingerprint density at radius 1 is 1.26 bits per heavy atom. The second-order valence-electron chi connectivity index (χ2n) is 5.04. The topological polar surface area (TPSA) is 43.3 Å². The van der Waals surface area contributed by atoms with Crippen molar-refractivity contribution in [3.8, 4) is 5.75 Å². The molecule has 0 fully saturated rings. The zero-order valence-electron chi connectivity index (χ0n) is 12.3. The number of methoxy groups -OCH3 is 1. The number of carbonyl (C=O) groups is 1. The van der Waals surface area contributed by atoms with Crippen molar-refractivity contribution in [1.82, 2.24) is 4.57 Å². The second-order valence-corrected chi connectivity index (χ2v) is 6.37. The lowest BCUT2D eigenvalue weighted by molar-refractivity contribution is -0.116. The summed E-state index contributed by atoms with van der Waals surface area (Å²) in [5, 5.41) is 4.38. The number of nitrogens with one attached hydrogen (secondary N) is 1. The van der Waals surface area contributed by atoms with Gasteiger partial charge in [0.15, 0.2) is 0 Å². The van der Waals surface area contributed by atoms with E-state index >= 15 is 0 Å². The number of rotatable bonds is 4. The van der Waals surface area contributed by atoms with Crippen LogP contribution < -0.4 is 10.1 Å². The highest BCUT2D eigenvalue weighted by Gasteiger charge is 2.08. The van der Waals surface area contributed by atoms with Crippen molar-refractivity contribution in [2.75, 3.05) is 12.4 Å². The first kappa shape index (κ1) is 15.9. The van der Waals surface area contributed by atoms with E-state index in [4.69, 9.17) is 16.3 Å². The molecule has 0 aliphatic rings. The molecule has 2 aromatic carbocycles. The molecule has 1 heterocycles. The number of benzene rings is 2. The molecule has 0 atom stereocenters. The largest absolute Gasteiger partial charge is 0.495 e. The van der Waals surface area contributed by atoms with Crippen LogP contribution in [0.4, 0.5) is 5.69 Å². The van der Waals surface area contributed by atoms with Gasteiger partial charge < -0.3 is 14.6 Å². The number of anilines is 1. The fourth-order valence-electron chi connectivity index (χ4n) is 2.41. The molecule has 3 aromatic rings. The van der Waals surface area contributed by atoms with Crippen LogP contribution in [0.15, 0.2) is 53.1 Å². The van der Waals surface area contributed by atoms with Crippen LogP contribution in [0.5, 0.6) is 5.75 Å². The van der Waals surface area contributed by atoms with Gasteiger partial charge in [0.1, 0.15) is 12.3 Å². The molecular weight excluding hydrogens is 380 g/mol. The Hall–Kier alpha value is -1.98. The van der Waals surface area contributed by atoms with E-state index in [2.05, 4.69) is 21.2 Å². The summed E-state index contributed by atoms with van der Waals surface area (Å²) in [4.78, 5) is 12.2. The third-order valence-electron chi connectivity index (χ3n) is 3.48. The average molecular weight is 394 g/mol. The fourth-order valence-corrected chi connectivity index (χ4v) is 3.04. The molecule has 1 N–H and O–H groups in total. The van der Waals surface area contributed by atoms with Crippen LogP contribution in [0, 0.1) is 0 Å². The minimum Gasteiger partial charge on any atom is -0.495 e. The smallest absolute Gasteiger partial charge is 0.244 e. The minimum absolute atomic E-state index is 0.119. The number of halogens is 2. The number of ether oxygens (including phenoxy) is 1. The third-order valence-corrected chi connectivity index (χ3v) is 4.27. The normalized spacial score (nSPS) is 10.7. The molecule has 118 valence electrons. The summed E-state index contributed by atoms with van der Waals surface area (Å²) in [6.07, 6.45) is 1.90. The first-order valence-electron chi connectivity index (χ1n) is 6.94. The van der Waals surface area contributed by atoms with Gasteiger partial charge in [0.05, 0.1) is 12.1 Å². The van der Waals surface area contributed by atoms with Crippen molar-refractivity contribution in [2.24, 2.45) is 0 Å². The van der Waals surface area contributed by atoms with Crippen LogP contribution in [0.2, 0.25) is 5.02 Å². The standard InChI is InChI=1S/C17H14BrClN2O2/c1-23-16-5-3-13(9-14(16)19)20-17(22)10-21-7-6-11-8-12(18)2-4-15(11)21/h2-9H,10H2,1H3,(H,20,22). The SMILES string of the molecule is COc1ccc(NC(=O)Cn2ccc3cc(Br)ccc32)cc1Cl. The predicted octanol–water partition coefficient (Wildman–Crippen LogP) is 4.70. The first-order valence-corrected chi connectivity index (χ1v) is 8.12. The van der Waals surface area contributed by atoms with Crippen molar-refractivity contribution in [2.45, 2.75) is 6.54 Å². The van der Waals surface area contributed by atoms with Crippen LogP contribution in [0.1, 0.15) is 0 Å². The van der Waals surface area contributed by atoms with Gasteiger partial charge in [-0.05, 0) is 42.5 Å². The van der Waals surface area contributed by atoms with Crippen LogP contribution in [0.3, 0.4) is 0 Å². The van der Waals surface area contributed by atoms with Gasteiger partial charge in [0.25, 0.3) is 0 Å². The molecule has 6 heteroatoms.